The van der Waals surface area contributed by atoms with E-state index in [1.54, 1.807) is 0 Å². The molecule has 2 aliphatic rings. The zero-order valence-electron chi connectivity index (χ0n) is 9.55. The smallest absolute Gasteiger partial charge is 0.225 e. The van der Waals surface area contributed by atoms with E-state index >= 15 is 0 Å². The second-order valence-corrected chi connectivity index (χ2v) is 4.66. The lowest BCUT2D eigenvalue weighted by Gasteiger charge is -2.21. The molecule has 3 rings (SSSR count). The Bertz CT molecular complexity index is 336. The van der Waals surface area contributed by atoms with E-state index in [-0.39, 0.29) is 0 Å². The number of nitrogens with zero attached hydrogens (tertiary/aromatic N) is 4. The molecule has 1 aliphatic carbocycles. The van der Waals surface area contributed by atoms with Crippen molar-refractivity contribution in [2.45, 2.75) is 25.3 Å². The Kier molecular flexibility index (Phi) is 2.74. The standard InChI is InChI=1S/C12H18N4/c1-5-13-12(14-6-1)16-8-2-7-15(9-10-16)11-3-4-11/h1,5-6,11H,2-4,7-10H2. The summed E-state index contributed by atoms with van der Waals surface area (Å²) in [5.74, 6) is 0.889. The quantitative estimate of drug-likeness (QED) is 0.745. The van der Waals surface area contributed by atoms with E-state index in [0.29, 0.717) is 0 Å². The number of hydrogen-bond acceptors (Lipinski definition) is 4. The molecule has 4 heteroatoms. The summed E-state index contributed by atoms with van der Waals surface area (Å²) < 4.78 is 0. The summed E-state index contributed by atoms with van der Waals surface area (Å²) in [6.07, 6.45) is 7.69. The fourth-order valence-corrected chi connectivity index (χ4v) is 2.40. The predicted molar refractivity (Wildman–Crippen MR) is 63.5 cm³/mol. The molecule has 1 aromatic rings. The van der Waals surface area contributed by atoms with Crippen LogP contribution in [0.4, 0.5) is 5.95 Å². The van der Waals surface area contributed by atoms with Crippen LogP contribution in [0.25, 0.3) is 0 Å². The van der Waals surface area contributed by atoms with Gasteiger partial charge in [-0.25, -0.2) is 9.97 Å². The van der Waals surface area contributed by atoms with Crippen LogP contribution in [0.2, 0.25) is 0 Å². The molecule has 86 valence electrons. The summed E-state index contributed by atoms with van der Waals surface area (Å²) in [5, 5.41) is 0. The van der Waals surface area contributed by atoms with Crippen molar-refractivity contribution in [2.24, 2.45) is 0 Å². The van der Waals surface area contributed by atoms with Crippen molar-refractivity contribution in [3.8, 4) is 0 Å². The maximum atomic E-state index is 4.33. The molecule has 0 bridgehead atoms. The van der Waals surface area contributed by atoms with Crippen LogP contribution in [0, 0.1) is 0 Å². The lowest BCUT2D eigenvalue weighted by atomic mass is 10.4. The molecular weight excluding hydrogens is 200 g/mol. The van der Waals surface area contributed by atoms with Crippen molar-refractivity contribution < 1.29 is 0 Å². The minimum absolute atomic E-state index is 0.886. The number of anilines is 1. The minimum atomic E-state index is 0.886. The Balaban J connectivity index is 1.65. The number of rotatable bonds is 2. The summed E-state index contributed by atoms with van der Waals surface area (Å²) in [5.41, 5.74) is 0. The second kappa shape index (κ2) is 4.37. The molecule has 0 unspecified atom stereocenters. The summed E-state index contributed by atoms with van der Waals surface area (Å²) in [4.78, 5) is 13.6. The lowest BCUT2D eigenvalue weighted by molar-refractivity contribution is 0.283. The molecule has 1 aromatic heterocycles. The molecule has 0 radical (unpaired) electrons. The summed E-state index contributed by atoms with van der Waals surface area (Å²) in [7, 11) is 0. The Morgan fingerprint density at radius 1 is 1.00 bits per heavy atom. The van der Waals surface area contributed by atoms with Gasteiger partial charge in [0.05, 0.1) is 0 Å². The maximum absolute atomic E-state index is 4.33. The van der Waals surface area contributed by atoms with E-state index in [2.05, 4.69) is 19.8 Å². The average molecular weight is 218 g/mol. The largest absolute Gasteiger partial charge is 0.339 e. The molecule has 2 heterocycles. The van der Waals surface area contributed by atoms with Crippen LogP contribution in [-0.4, -0.2) is 47.1 Å². The van der Waals surface area contributed by atoms with Gasteiger partial charge in [-0.15, -0.1) is 0 Å². The van der Waals surface area contributed by atoms with Crippen LogP contribution in [0.1, 0.15) is 19.3 Å². The first-order valence-electron chi connectivity index (χ1n) is 6.19. The Hall–Kier alpha value is -1.16. The van der Waals surface area contributed by atoms with Crippen molar-refractivity contribution in [1.82, 2.24) is 14.9 Å². The molecule has 4 nitrogen and oxygen atoms in total. The summed E-state index contributed by atoms with van der Waals surface area (Å²) in [6.45, 7) is 4.57. The SMILES string of the molecule is c1cnc(N2CCCN(C3CC3)CC2)nc1. The first kappa shape index (κ1) is 10.0. The number of aromatic nitrogens is 2. The van der Waals surface area contributed by atoms with Crippen molar-refractivity contribution >= 4 is 5.95 Å². The van der Waals surface area contributed by atoms with Gasteiger partial charge in [-0.2, -0.15) is 0 Å². The van der Waals surface area contributed by atoms with Crippen LogP contribution >= 0.6 is 0 Å². The highest BCUT2D eigenvalue weighted by atomic mass is 15.3. The highest BCUT2D eigenvalue weighted by Gasteiger charge is 2.30. The third kappa shape index (κ3) is 2.16. The van der Waals surface area contributed by atoms with Crippen LogP contribution in [0.15, 0.2) is 18.5 Å². The fraction of sp³-hybridized carbons (Fsp3) is 0.667. The zero-order chi connectivity index (χ0) is 10.8. The summed E-state index contributed by atoms with van der Waals surface area (Å²) in [6, 6.07) is 2.76. The van der Waals surface area contributed by atoms with E-state index in [9.17, 15) is 0 Å². The molecule has 1 saturated carbocycles. The van der Waals surface area contributed by atoms with Gasteiger partial charge in [0, 0.05) is 44.6 Å². The Morgan fingerprint density at radius 2 is 1.81 bits per heavy atom. The molecular formula is C12H18N4. The van der Waals surface area contributed by atoms with Crippen LogP contribution in [-0.2, 0) is 0 Å². The fourth-order valence-electron chi connectivity index (χ4n) is 2.40. The van der Waals surface area contributed by atoms with Gasteiger partial charge in [0.15, 0.2) is 0 Å². The molecule has 1 aliphatic heterocycles. The monoisotopic (exact) mass is 218 g/mol. The second-order valence-electron chi connectivity index (χ2n) is 4.66. The Labute approximate surface area is 96.3 Å². The predicted octanol–water partition coefficient (Wildman–Crippen LogP) is 1.15. The molecule has 16 heavy (non-hydrogen) atoms. The van der Waals surface area contributed by atoms with E-state index in [1.165, 1.54) is 32.4 Å². The van der Waals surface area contributed by atoms with E-state index in [1.807, 2.05) is 18.5 Å². The van der Waals surface area contributed by atoms with Gasteiger partial charge in [0.25, 0.3) is 0 Å². The van der Waals surface area contributed by atoms with Crippen molar-refractivity contribution in [3.05, 3.63) is 18.5 Å². The highest BCUT2D eigenvalue weighted by molar-refractivity contribution is 5.28. The van der Waals surface area contributed by atoms with E-state index in [4.69, 9.17) is 0 Å². The van der Waals surface area contributed by atoms with Gasteiger partial charge < -0.3 is 4.90 Å². The molecule has 0 amide bonds. The molecule has 2 fully saturated rings. The molecule has 0 N–H and O–H groups in total. The van der Waals surface area contributed by atoms with Crippen LogP contribution in [0.3, 0.4) is 0 Å². The van der Waals surface area contributed by atoms with Gasteiger partial charge >= 0.3 is 0 Å². The van der Waals surface area contributed by atoms with Crippen molar-refractivity contribution in [2.75, 3.05) is 31.1 Å². The summed E-state index contributed by atoms with van der Waals surface area (Å²) >= 11 is 0. The molecule has 1 saturated heterocycles. The van der Waals surface area contributed by atoms with Crippen LogP contribution in [0.5, 0.6) is 0 Å². The molecule has 0 aromatic carbocycles. The highest BCUT2D eigenvalue weighted by Crippen LogP contribution is 2.27. The Morgan fingerprint density at radius 3 is 2.56 bits per heavy atom. The normalized spacial score (nSPS) is 23.1. The maximum Gasteiger partial charge on any atom is 0.225 e. The van der Waals surface area contributed by atoms with Gasteiger partial charge in [0.2, 0.25) is 5.95 Å². The number of hydrogen-bond donors (Lipinski definition) is 0. The van der Waals surface area contributed by atoms with E-state index in [0.717, 1.165) is 25.1 Å². The van der Waals surface area contributed by atoms with Crippen molar-refractivity contribution in [3.63, 3.8) is 0 Å². The van der Waals surface area contributed by atoms with E-state index < -0.39 is 0 Å². The first-order chi connectivity index (χ1) is 7.93. The lowest BCUT2D eigenvalue weighted by Crippen LogP contribution is -2.32. The third-order valence-corrected chi connectivity index (χ3v) is 3.43. The van der Waals surface area contributed by atoms with Gasteiger partial charge in [0.1, 0.15) is 0 Å². The first-order valence-corrected chi connectivity index (χ1v) is 6.19. The topological polar surface area (TPSA) is 32.3 Å². The van der Waals surface area contributed by atoms with Gasteiger partial charge in [-0.3, -0.25) is 4.90 Å². The van der Waals surface area contributed by atoms with Gasteiger partial charge in [-0.05, 0) is 25.3 Å². The average Bonchev–Trinajstić information content (AvgIpc) is 3.16. The zero-order valence-corrected chi connectivity index (χ0v) is 9.55. The minimum Gasteiger partial charge on any atom is -0.339 e. The molecule has 0 atom stereocenters. The molecule has 0 spiro atoms. The van der Waals surface area contributed by atoms with Gasteiger partial charge in [-0.1, -0.05) is 0 Å². The third-order valence-electron chi connectivity index (χ3n) is 3.43. The van der Waals surface area contributed by atoms with Crippen molar-refractivity contribution in [1.29, 1.82) is 0 Å². The van der Waals surface area contributed by atoms with Crippen LogP contribution < -0.4 is 4.90 Å².